The molecule has 0 saturated carbocycles. The maximum Gasteiger partial charge on any atom is 0.315 e. The molecule has 3 rings (SSSR count). The van der Waals surface area contributed by atoms with Crippen molar-refractivity contribution in [2.24, 2.45) is 0 Å². The molecule has 3 aromatic rings. The van der Waals surface area contributed by atoms with Gasteiger partial charge in [0, 0.05) is 16.7 Å². The zero-order valence-electron chi connectivity index (χ0n) is 14.3. The fraction of sp³-hybridized carbons (Fsp3) is 0.118. The topological polar surface area (TPSA) is 138 Å². The smallest absolute Gasteiger partial charge is 0.315 e. The van der Waals surface area contributed by atoms with Crippen molar-refractivity contribution in [3.8, 4) is 17.6 Å². The lowest BCUT2D eigenvalue weighted by Gasteiger charge is -2.07. The van der Waals surface area contributed by atoms with Crippen LogP contribution in [0.15, 0.2) is 28.9 Å². The van der Waals surface area contributed by atoms with Crippen molar-refractivity contribution in [2.45, 2.75) is 6.92 Å². The Labute approximate surface area is 173 Å². The number of phenols is 1. The summed E-state index contributed by atoms with van der Waals surface area (Å²) in [5.74, 6) is -0.326. The van der Waals surface area contributed by atoms with E-state index in [9.17, 15) is 20.5 Å². The first kappa shape index (κ1) is 21.1. The Morgan fingerprint density at radius 2 is 2.25 bits per heavy atom. The van der Waals surface area contributed by atoms with Gasteiger partial charge in [-0.25, -0.2) is 9.97 Å². The van der Waals surface area contributed by atoms with E-state index in [1.54, 1.807) is 19.2 Å². The van der Waals surface area contributed by atoms with E-state index in [1.165, 1.54) is 12.1 Å². The van der Waals surface area contributed by atoms with Crippen LogP contribution in [-0.4, -0.2) is 31.6 Å². The van der Waals surface area contributed by atoms with Gasteiger partial charge in [0.2, 0.25) is 5.75 Å². The largest absolute Gasteiger partial charge is 0.500 e. The molecular formula is C17H13BrClN5O4. The first-order chi connectivity index (χ1) is 12.9. The lowest BCUT2D eigenvalue weighted by atomic mass is 10.1. The lowest BCUT2D eigenvalue weighted by molar-refractivity contribution is -0.386. The highest BCUT2D eigenvalue weighted by atomic mass is 79.9. The van der Waals surface area contributed by atoms with Crippen molar-refractivity contribution in [1.82, 2.24) is 15.0 Å². The number of nitro benzene ring substituents is 1. The number of nitrogens with zero attached hydrogens (tertiary/aromatic N) is 4. The third-order valence-electron chi connectivity index (χ3n) is 3.56. The van der Waals surface area contributed by atoms with E-state index in [4.69, 9.17) is 4.74 Å². The van der Waals surface area contributed by atoms with E-state index in [2.05, 4.69) is 30.9 Å². The zero-order valence-corrected chi connectivity index (χ0v) is 16.7. The fourth-order valence-corrected chi connectivity index (χ4v) is 2.76. The second kappa shape index (κ2) is 8.69. The summed E-state index contributed by atoms with van der Waals surface area (Å²) in [5.41, 5.74) is 1.01. The van der Waals surface area contributed by atoms with Gasteiger partial charge in [0.25, 0.3) is 0 Å². The molecule has 2 aromatic heterocycles. The number of aromatic hydroxyl groups is 1. The monoisotopic (exact) mass is 465 g/mol. The Kier molecular flexibility index (Phi) is 6.56. The number of ether oxygens (including phenoxy) is 1. The first-order valence-corrected chi connectivity index (χ1v) is 8.49. The van der Waals surface area contributed by atoms with Crippen LogP contribution in [0.3, 0.4) is 0 Å². The average Bonchev–Trinajstić information content (AvgIpc) is 3.04. The number of allylic oxidation sites excluding steroid dienone is 1. The molecule has 0 aliphatic heterocycles. The fourth-order valence-electron chi connectivity index (χ4n) is 2.42. The number of nitriles is 1. The maximum atomic E-state index is 11.2. The molecule has 11 heteroatoms. The van der Waals surface area contributed by atoms with Crippen molar-refractivity contribution < 1.29 is 14.8 Å². The highest BCUT2D eigenvalue weighted by molar-refractivity contribution is 9.10. The number of benzene rings is 1. The van der Waals surface area contributed by atoms with Crippen LogP contribution in [0.1, 0.15) is 18.3 Å². The molecule has 0 saturated heterocycles. The van der Waals surface area contributed by atoms with Crippen molar-refractivity contribution in [3.05, 3.63) is 50.4 Å². The summed E-state index contributed by atoms with van der Waals surface area (Å²) < 4.78 is 6.00. The summed E-state index contributed by atoms with van der Waals surface area (Å²) in [7, 11) is 0. The molecule has 0 atom stereocenters. The summed E-state index contributed by atoms with van der Waals surface area (Å²) in [6.07, 6.45) is 3.00. The standard InChI is InChI=1S/C17H12BrN5O4.ClH/c1-2-27-14-5-9(4-13(15(14)24)23(25)26)3-10(7-19)16-21-12-6-11(18)8-20-17(12)22-16;/h3-6,8,24H,2H2,1H3,(H,20,21,22);1H/b10-3+;. The van der Waals surface area contributed by atoms with Gasteiger partial charge in [-0.05, 0) is 46.6 Å². The highest BCUT2D eigenvalue weighted by Gasteiger charge is 2.20. The Bertz CT molecular complexity index is 1120. The number of hydrogen-bond acceptors (Lipinski definition) is 7. The number of hydrogen-bond donors (Lipinski definition) is 2. The third kappa shape index (κ3) is 4.21. The number of pyridine rings is 1. The van der Waals surface area contributed by atoms with E-state index in [0.717, 1.165) is 10.5 Å². The van der Waals surface area contributed by atoms with Crippen LogP contribution >= 0.6 is 28.3 Å². The van der Waals surface area contributed by atoms with Crippen LogP contribution in [0.4, 0.5) is 5.69 Å². The number of fused-ring (bicyclic) bond motifs is 1. The van der Waals surface area contributed by atoms with Gasteiger partial charge in [0.05, 0.1) is 22.6 Å². The van der Waals surface area contributed by atoms with E-state index in [-0.39, 0.29) is 36.2 Å². The van der Waals surface area contributed by atoms with E-state index >= 15 is 0 Å². The van der Waals surface area contributed by atoms with E-state index in [0.29, 0.717) is 16.7 Å². The van der Waals surface area contributed by atoms with Crippen LogP contribution in [0.25, 0.3) is 22.8 Å². The van der Waals surface area contributed by atoms with Crippen LogP contribution in [0.2, 0.25) is 0 Å². The molecular weight excluding hydrogens is 454 g/mol. The predicted molar refractivity (Wildman–Crippen MR) is 108 cm³/mol. The third-order valence-corrected chi connectivity index (χ3v) is 4.00. The number of nitrogens with one attached hydrogen (secondary N) is 1. The molecule has 0 unspecified atom stereocenters. The quantitative estimate of drug-likeness (QED) is 0.326. The van der Waals surface area contributed by atoms with Crippen molar-refractivity contribution in [2.75, 3.05) is 6.61 Å². The Balaban J connectivity index is 0.00000280. The Hall–Kier alpha value is -3.16. The van der Waals surface area contributed by atoms with Gasteiger partial charge in [-0.3, -0.25) is 10.1 Å². The molecule has 0 radical (unpaired) electrons. The molecule has 0 spiro atoms. The van der Waals surface area contributed by atoms with Gasteiger partial charge in [-0.15, -0.1) is 12.4 Å². The average molecular weight is 467 g/mol. The van der Waals surface area contributed by atoms with Crippen molar-refractivity contribution in [3.63, 3.8) is 0 Å². The SMILES string of the molecule is CCOc1cc(/C=C(\C#N)c2nc3ncc(Br)cc3[nH]2)cc([N+](=O)[O-])c1O.Cl. The van der Waals surface area contributed by atoms with Crippen LogP contribution in [-0.2, 0) is 0 Å². The number of imidazole rings is 1. The zero-order chi connectivity index (χ0) is 19.6. The minimum atomic E-state index is -0.718. The summed E-state index contributed by atoms with van der Waals surface area (Å²) in [6, 6.07) is 6.36. The van der Waals surface area contributed by atoms with Crippen LogP contribution in [0, 0.1) is 21.4 Å². The minimum absolute atomic E-state index is 0. The molecule has 2 N–H and O–H groups in total. The molecule has 9 nitrogen and oxygen atoms in total. The Morgan fingerprint density at radius 3 is 2.89 bits per heavy atom. The number of H-pyrrole nitrogens is 1. The van der Waals surface area contributed by atoms with E-state index in [1.807, 2.05) is 6.07 Å². The number of halogens is 2. The molecule has 0 fully saturated rings. The van der Waals surface area contributed by atoms with Crippen LogP contribution < -0.4 is 4.74 Å². The van der Waals surface area contributed by atoms with Gasteiger partial charge >= 0.3 is 5.69 Å². The lowest BCUT2D eigenvalue weighted by Crippen LogP contribution is -1.96. The predicted octanol–water partition coefficient (Wildman–Crippen LogP) is 4.22. The number of phenolic OH excluding ortho intramolecular Hbond substituents is 1. The second-order valence-electron chi connectivity index (χ2n) is 5.36. The number of aromatic nitrogens is 3. The highest BCUT2D eigenvalue weighted by Crippen LogP contribution is 2.38. The molecule has 0 aliphatic carbocycles. The number of rotatable bonds is 5. The molecule has 1 aromatic carbocycles. The van der Waals surface area contributed by atoms with Crippen molar-refractivity contribution >= 4 is 56.8 Å². The summed E-state index contributed by atoms with van der Waals surface area (Å²) in [6.45, 7) is 1.90. The van der Waals surface area contributed by atoms with Gasteiger partial charge in [0.1, 0.15) is 6.07 Å². The van der Waals surface area contributed by atoms with Gasteiger partial charge in [-0.2, -0.15) is 5.26 Å². The molecule has 0 bridgehead atoms. The maximum absolute atomic E-state index is 11.2. The molecule has 0 amide bonds. The van der Waals surface area contributed by atoms with Gasteiger partial charge in [-0.1, -0.05) is 0 Å². The molecule has 2 heterocycles. The van der Waals surface area contributed by atoms with Gasteiger partial charge < -0.3 is 14.8 Å². The summed E-state index contributed by atoms with van der Waals surface area (Å²) >= 11 is 3.31. The van der Waals surface area contributed by atoms with E-state index < -0.39 is 16.4 Å². The van der Waals surface area contributed by atoms with Crippen LogP contribution in [0.5, 0.6) is 11.5 Å². The Morgan fingerprint density at radius 1 is 1.50 bits per heavy atom. The van der Waals surface area contributed by atoms with Gasteiger partial charge in [0.15, 0.2) is 17.2 Å². The number of nitro groups is 1. The molecule has 28 heavy (non-hydrogen) atoms. The molecule has 144 valence electrons. The first-order valence-electron chi connectivity index (χ1n) is 7.70. The normalized spacial score (nSPS) is 11.0. The molecule has 0 aliphatic rings. The summed E-state index contributed by atoms with van der Waals surface area (Å²) in [4.78, 5) is 21.9. The minimum Gasteiger partial charge on any atom is -0.500 e. The second-order valence-corrected chi connectivity index (χ2v) is 6.27. The van der Waals surface area contributed by atoms with Crippen molar-refractivity contribution in [1.29, 1.82) is 5.26 Å². The number of aromatic amines is 1. The summed E-state index contributed by atoms with van der Waals surface area (Å²) in [5, 5.41) is 30.6.